The maximum atomic E-state index is 12.8. The lowest BCUT2D eigenvalue weighted by atomic mass is 10.1. The number of ether oxygens (including phenoxy) is 1. The first-order valence-electron chi connectivity index (χ1n) is 9.19. The van der Waals surface area contributed by atoms with Gasteiger partial charge in [0.2, 0.25) is 0 Å². The van der Waals surface area contributed by atoms with Crippen molar-refractivity contribution < 1.29 is 13.9 Å². The molecule has 0 aliphatic carbocycles. The number of nitrogens with zero attached hydrogens (tertiary/aromatic N) is 2. The van der Waals surface area contributed by atoms with E-state index in [4.69, 9.17) is 9.15 Å². The second kappa shape index (κ2) is 9.24. The van der Waals surface area contributed by atoms with Gasteiger partial charge in [-0.15, -0.1) is 0 Å². The van der Waals surface area contributed by atoms with Gasteiger partial charge in [0.25, 0.3) is 5.91 Å². The van der Waals surface area contributed by atoms with Crippen LogP contribution < -0.4 is 0 Å². The summed E-state index contributed by atoms with van der Waals surface area (Å²) in [4.78, 5) is 14.7. The molecule has 5 nitrogen and oxygen atoms in total. The van der Waals surface area contributed by atoms with Crippen LogP contribution in [0.2, 0.25) is 0 Å². The minimum atomic E-state index is -0.0975. The first kappa shape index (κ1) is 19.0. The molecule has 0 aliphatic rings. The number of carbonyl (C=O) groups excluding carboxylic acids is 1. The van der Waals surface area contributed by atoms with Crippen molar-refractivity contribution in [2.45, 2.75) is 26.4 Å². The number of hydrogen-bond acceptors (Lipinski definition) is 3. The Bertz CT molecular complexity index is 852. The molecule has 0 aliphatic heterocycles. The third kappa shape index (κ3) is 4.89. The Hall–Kier alpha value is -2.79. The lowest BCUT2D eigenvalue weighted by Crippen LogP contribution is -2.32. The number of aryl methyl sites for hydroxylation is 1. The first-order chi connectivity index (χ1) is 13.2. The van der Waals surface area contributed by atoms with Gasteiger partial charge < -0.3 is 18.6 Å². The summed E-state index contributed by atoms with van der Waals surface area (Å²) in [6.45, 7) is 4.67. The fourth-order valence-electron chi connectivity index (χ4n) is 3.12. The Kier molecular flexibility index (Phi) is 6.49. The minimum Gasteiger partial charge on any atom is -0.459 e. The third-order valence-electron chi connectivity index (χ3n) is 4.67. The van der Waals surface area contributed by atoms with E-state index in [0.717, 1.165) is 18.7 Å². The fraction of sp³-hybridized carbons (Fsp3) is 0.318. The molecule has 1 aromatic carbocycles. The summed E-state index contributed by atoms with van der Waals surface area (Å²) in [5, 5.41) is 0. The highest BCUT2D eigenvalue weighted by Crippen LogP contribution is 2.15. The Morgan fingerprint density at radius 3 is 2.74 bits per heavy atom. The molecule has 0 saturated heterocycles. The number of hydrogen-bond donors (Lipinski definition) is 0. The SMILES string of the molecule is COCCCN(Cc1cccn1Cc1ccccc1C)C(=O)c1ccco1. The van der Waals surface area contributed by atoms with Crippen molar-refractivity contribution in [1.82, 2.24) is 9.47 Å². The van der Waals surface area contributed by atoms with E-state index < -0.39 is 0 Å². The summed E-state index contributed by atoms with van der Waals surface area (Å²) >= 11 is 0. The third-order valence-corrected chi connectivity index (χ3v) is 4.67. The molecule has 2 heterocycles. The zero-order valence-electron chi connectivity index (χ0n) is 15.9. The molecule has 0 radical (unpaired) electrons. The molecule has 0 bridgehead atoms. The average molecular weight is 366 g/mol. The monoisotopic (exact) mass is 366 g/mol. The number of benzene rings is 1. The predicted molar refractivity (Wildman–Crippen MR) is 105 cm³/mol. The molecule has 1 amide bonds. The number of furan rings is 1. The van der Waals surface area contributed by atoms with Crippen molar-refractivity contribution in [2.75, 3.05) is 20.3 Å². The Morgan fingerprint density at radius 1 is 1.15 bits per heavy atom. The van der Waals surface area contributed by atoms with Crippen LogP contribution in [0.5, 0.6) is 0 Å². The highest BCUT2D eigenvalue weighted by molar-refractivity contribution is 5.91. The van der Waals surface area contributed by atoms with E-state index in [0.29, 0.717) is 25.5 Å². The van der Waals surface area contributed by atoms with E-state index in [-0.39, 0.29) is 5.91 Å². The van der Waals surface area contributed by atoms with E-state index >= 15 is 0 Å². The van der Waals surface area contributed by atoms with Gasteiger partial charge in [0, 0.05) is 38.7 Å². The average Bonchev–Trinajstić information content (AvgIpc) is 3.35. The van der Waals surface area contributed by atoms with Crippen LogP contribution in [0.3, 0.4) is 0 Å². The first-order valence-corrected chi connectivity index (χ1v) is 9.19. The van der Waals surface area contributed by atoms with Gasteiger partial charge in [-0.05, 0) is 48.7 Å². The quantitative estimate of drug-likeness (QED) is 0.535. The van der Waals surface area contributed by atoms with Crippen LogP contribution in [0, 0.1) is 6.92 Å². The van der Waals surface area contributed by atoms with Gasteiger partial charge in [0.1, 0.15) is 0 Å². The molecule has 0 unspecified atom stereocenters. The fourth-order valence-corrected chi connectivity index (χ4v) is 3.12. The van der Waals surface area contributed by atoms with Gasteiger partial charge in [-0.2, -0.15) is 0 Å². The standard InChI is InChI=1S/C22H26N2O3/c1-18-8-3-4-9-19(18)16-23-12-5-10-20(23)17-24(13-7-14-26-2)22(25)21-11-6-15-27-21/h3-6,8-12,15H,7,13-14,16-17H2,1-2H3. The number of carbonyl (C=O) groups is 1. The van der Waals surface area contributed by atoms with Gasteiger partial charge in [-0.1, -0.05) is 24.3 Å². The Balaban J connectivity index is 1.76. The summed E-state index contributed by atoms with van der Waals surface area (Å²) in [7, 11) is 1.67. The van der Waals surface area contributed by atoms with Crippen molar-refractivity contribution in [3.63, 3.8) is 0 Å². The highest BCUT2D eigenvalue weighted by Gasteiger charge is 2.19. The van der Waals surface area contributed by atoms with Crippen LogP contribution >= 0.6 is 0 Å². The van der Waals surface area contributed by atoms with Crippen LogP contribution in [0.15, 0.2) is 65.4 Å². The van der Waals surface area contributed by atoms with E-state index in [1.165, 1.54) is 17.4 Å². The summed E-state index contributed by atoms with van der Waals surface area (Å²) in [6, 6.07) is 15.9. The zero-order valence-corrected chi connectivity index (χ0v) is 15.9. The molecule has 0 spiro atoms. The second-order valence-electron chi connectivity index (χ2n) is 6.60. The smallest absolute Gasteiger partial charge is 0.289 e. The molecule has 27 heavy (non-hydrogen) atoms. The molecule has 142 valence electrons. The van der Waals surface area contributed by atoms with Crippen molar-refractivity contribution in [1.29, 1.82) is 0 Å². The molecule has 0 saturated carbocycles. The molecular formula is C22H26N2O3. The molecule has 3 aromatic rings. The van der Waals surface area contributed by atoms with Crippen LogP contribution in [0.4, 0.5) is 0 Å². The van der Waals surface area contributed by atoms with Gasteiger partial charge in [0.15, 0.2) is 5.76 Å². The number of aromatic nitrogens is 1. The molecule has 0 atom stereocenters. The molecule has 2 aromatic heterocycles. The zero-order chi connectivity index (χ0) is 19.1. The van der Waals surface area contributed by atoms with Gasteiger partial charge >= 0.3 is 0 Å². The van der Waals surface area contributed by atoms with E-state index in [2.05, 4.69) is 48.0 Å². The molecule has 5 heteroatoms. The van der Waals surface area contributed by atoms with E-state index in [1.807, 2.05) is 11.0 Å². The lowest BCUT2D eigenvalue weighted by molar-refractivity contribution is 0.0688. The number of amides is 1. The number of rotatable bonds is 9. The van der Waals surface area contributed by atoms with E-state index in [1.54, 1.807) is 19.2 Å². The Labute approximate surface area is 160 Å². The second-order valence-corrected chi connectivity index (χ2v) is 6.60. The van der Waals surface area contributed by atoms with Crippen LogP contribution in [-0.4, -0.2) is 35.6 Å². The molecule has 3 rings (SSSR count). The number of methoxy groups -OCH3 is 1. The van der Waals surface area contributed by atoms with E-state index in [9.17, 15) is 4.79 Å². The highest BCUT2D eigenvalue weighted by atomic mass is 16.5. The molecular weight excluding hydrogens is 340 g/mol. The summed E-state index contributed by atoms with van der Waals surface area (Å²) in [5.41, 5.74) is 3.63. The maximum Gasteiger partial charge on any atom is 0.289 e. The summed E-state index contributed by atoms with van der Waals surface area (Å²) in [6.07, 6.45) is 4.37. The maximum absolute atomic E-state index is 12.8. The van der Waals surface area contributed by atoms with Gasteiger partial charge in [-0.25, -0.2) is 0 Å². The van der Waals surface area contributed by atoms with Crippen molar-refractivity contribution in [2.24, 2.45) is 0 Å². The molecule has 0 fully saturated rings. The topological polar surface area (TPSA) is 47.6 Å². The summed E-state index contributed by atoms with van der Waals surface area (Å²) < 4.78 is 12.7. The van der Waals surface area contributed by atoms with Crippen LogP contribution in [0.25, 0.3) is 0 Å². The predicted octanol–water partition coefficient (Wildman–Crippen LogP) is 4.12. The Morgan fingerprint density at radius 2 is 2.00 bits per heavy atom. The summed E-state index contributed by atoms with van der Waals surface area (Å²) in [5.74, 6) is 0.268. The van der Waals surface area contributed by atoms with Crippen LogP contribution in [-0.2, 0) is 17.8 Å². The van der Waals surface area contributed by atoms with Gasteiger partial charge in [-0.3, -0.25) is 4.79 Å². The lowest BCUT2D eigenvalue weighted by Gasteiger charge is -2.23. The normalized spacial score (nSPS) is 10.9. The minimum absolute atomic E-state index is 0.0975. The van der Waals surface area contributed by atoms with Crippen molar-refractivity contribution >= 4 is 5.91 Å². The van der Waals surface area contributed by atoms with Crippen molar-refractivity contribution in [3.8, 4) is 0 Å². The molecule has 0 N–H and O–H groups in total. The van der Waals surface area contributed by atoms with Gasteiger partial charge in [0.05, 0.1) is 12.8 Å². The van der Waals surface area contributed by atoms with Crippen molar-refractivity contribution in [3.05, 3.63) is 83.6 Å². The van der Waals surface area contributed by atoms with Crippen LogP contribution in [0.1, 0.15) is 33.8 Å². The largest absolute Gasteiger partial charge is 0.459 e.